The van der Waals surface area contributed by atoms with Crippen LogP contribution in [0.4, 0.5) is 11.6 Å². The number of hydrogen-bond donors (Lipinski definition) is 1. The van der Waals surface area contributed by atoms with Crippen molar-refractivity contribution in [3.05, 3.63) is 72.4 Å². The Kier molecular flexibility index (Phi) is 5.11. The Hall–Kier alpha value is -2.82. The average molecular weight is 322 g/mol. The van der Waals surface area contributed by atoms with E-state index < -0.39 is 0 Å². The highest BCUT2D eigenvalue weighted by Crippen LogP contribution is 2.20. The quantitative estimate of drug-likeness (QED) is 0.710. The van der Waals surface area contributed by atoms with Gasteiger partial charge in [-0.25, -0.2) is 9.97 Å². The lowest BCUT2D eigenvalue weighted by molar-refractivity contribution is 0.518. The third-order valence-electron chi connectivity index (χ3n) is 3.79. The van der Waals surface area contributed by atoms with Crippen LogP contribution in [0.1, 0.15) is 25.2 Å². The van der Waals surface area contributed by atoms with Gasteiger partial charge >= 0.3 is 0 Å². The topological polar surface area (TPSA) is 54.2 Å². The third kappa shape index (κ3) is 4.13. The fourth-order valence-corrected chi connectivity index (χ4v) is 2.50. The summed E-state index contributed by atoms with van der Waals surface area (Å²) in [5, 5.41) is 3.27. The molecule has 1 N–H and O–H groups in total. The molecule has 0 spiro atoms. The molecule has 124 valence electrons. The predicted octanol–water partition coefficient (Wildman–Crippen LogP) is 4.10. The molecule has 0 bridgehead atoms. The molecule has 0 radical (unpaired) electrons. The average Bonchev–Trinajstić information content (AvgIpc) is 3.12. The van der Waals surface area contributed by atoms with Crippen molar-refractivity contribution in [3.63, 3.8) is 0 Å². The van der Waals surface area contributed by atoms with E-state index in [0.29, 0.717) is 12.6 Å². The first-order chi connectivity index (χ1) is 11.7. The summed E-state index contributed by atoms with van der Waals surface area (Å²) in [6.07, 6.45) is 3.27. The number of aromatic nitrogens is 2. The highest BCUT2D eigenvalue weighted by atomic mass is 16.3. The molecular weight excluding hydrogens is 300 g/mol. The lowest BCUT2D eigenvalue weighted by atomic mass is 10.2. The molecule has 5 nitrogen and oxygen atoms in total. The minimum Gasteiger partial charge on any atom is -0.467 e. The summed E-state index contributed by atoms with van der Waals surface area (Å²) in [5.74, 6) is 2.57. The molecule has 0 saturated carbocycles. The van der Waals surface area contributed by atoms with Gasteiger partial charge in [-0.3, -0.25) is 0 Å². The molecule has 1 aromatic carbocycles. The van der Waals surface area contributed by atoms with E-state index in [1.54, 1.807) is 12.6 Å². The predicted molar refractivity (Wildman–Crippen MR) is 95.8 cm³/mol. The van der Waals surface area contributed by atoms with Gasteiger partial charge in [-0.05, 0) is 31.5 Å². The second-order valence-corrected chi connectivity index (χ2v) is 5.90. The first kappa shape index (κ1) is 16.1. The van der Waals surface area contributed by atoms with Crippen LogP contribution in [0.15, 0.2) is 65.5 Å². The summed E-state index contributed by atoms with van der Waals surface area (Å²) in [7, 11) is 0. The van der Waals surface area contributed by atoms with Crippen LogP contribution in [-0.2, 0) is 13.1 Å². The van der Waals surface area contributed by atoms with Gasteiger partial charge in [0.25, 0.3) is 0 Å². The van der Waals surface area contributed by atoms with Crippen molar-refractivity contribution in [1.82, 2.24) is 9.97 Å². The molecule has 0 aliphatic rings. The minimum absolute atomic E-state index is 0.332. The molecule has 24 heavy (non-hydrogen) atoms. The van der Waals surface area contributed by atoms with Crippen LogP contribution in [0.5, 0.6) is 0 Å². The Balaban J connectivity index is 1.74. The molecule has 0 amide bonds. The smallest absolute Gasteiger partial charge is 0.134 e. The lowest BCUT2D eigenvalue weighted by Crippen LogP contribution is -2.31. The number of nitrogens with zero attached hydrogens (tertiary/aromatic N) is 3. The third-order valence-corrected chi connectivity index (χ3v) is 3.79. The van der Waals surface area contributed by atoms with Gasteiger partial charge in [0.2, 0.25) is 0 Å². The van der Waals surface area contributed by atoms with E-state index in [-0.39, 0.29) is 0 Å². The molecule has 0 atom stereocenters. The fourth-order valence-electron chi connectivity index (χ4n) is 2.50. The van der Waals surface area contributed by atoms with Gasteiger partial charge in [0.1, 0.15) is 23.7 Å². The van der Waals surface area contributed by atoms with Gasteiger partial charge in [0, 0.05) is 18.7 Å². The molecule has 2 heterocycles. The monoisotopic (exact) mass is 322 g/mol. The van der Waals surface area contributed by atoms with E-state index in [4.69, 9.17) is 4.42 Å². The molecule has 0 aliphatic heterocycles. The van der Waals surface area contributed by atoms with Gasteiger partial charge in [-0.15, -0.1) is 0 Å². The normalized spacial score (nSPS) is 10.8. The molecule has 2 aromatic heterocycles. The van der Waals surface area contributed by atoms with Crippen molar-refractivity contribution in [2.75, 3.05) is 10.2 Å². The molecular formula is C19H22N4O. The van der Waals surface area contributed by atoms with Crippen LogP contribution in [0.3, 0.4) is 0 Å². The summed E-state index contributed by atoms with van der Waals surface area (Å²) in [4.78, 5) is 11.0. The van der Waals surface area contributed by atoms with E-state index in [1.165, 1.54) is 5.56 Å². The van der Waals surface area contributed by atoms with Crippen LogP contribution in [0, 0.1) is 0 Å². The van der Waals surface area contributed by atoms with E-state index >= 15 is 0 Å². The second-order valence-electron chi connectivity index (χ2n) is 5.90. The van der Waals surface area contributed by atoms with Crippen molar-refractivity contribution >= 4 is 11.6 Å². The van der Waals surface area contributed by atoms with Crippen LogP contribution >= 0.6 is 0 Å². The number of hydrogen-bond acceptors (Lipinski definition) is 5. The fraction of sp³-hybridized carbons (Fsp3) is 0.263. The summed E-state index contributed by atoms with van der Waals surface area (Å²) in [5.41, 5.74) is 1.26. The van der Waals surface area contributed by atoms with Crippen LogP contribution < -0.4 is 10.2 Å². The maximum Gasteiger partial charge on any atom is 0.134 e. The van der Waals surface area contributed by atoms with Crippen molar-refractivity contribution in [1.29, 1.82) is 0 Å². The zero-order valence-electron chi connectivity index (χ0n) is 14.0. The maximum atomic E-state index is 5.33. The molecule has 0 unspecified atom stereocenters. The standard InChI is InChI=1S/C19H22N4O/c1-15(2)23(13-16-7-4-3-5-8-16)19-11-18(21-14-22-19)20-12-17-9-6-10-24-17/h3-11,14-15H,12-13H2,1-2H3,(H,20,21,22). The largest absolute Gasteiger partial charge is 0.467 e. The van der Waals surface area contributed by atoms with E-state index in [0.717, 1.165) is 23.9 Å². The Bertz CT molecular complexity index is 741. The first-order valence-electron chi connectivity index (χ1n) is 8.11. The molecule has 3 aromatic rings. The van der Waals surface area contributed by atoms with Crippen molar-refractivity contribution < 1.29 is 4.42 Å². The Morgan fingerprint density at radius 2 is 1.92 bits per heavy atom. The zero-order valence-corrected chi connectivity index (χ0v) is 14.0. The van der Waals surface area contributed by atoms with E-state index in [9.17, 15) is 0 Å². The van der Waals surface area contributed by atoms with Gasteiger partial charge in [0.05, 0.1) is 12.8 Å². The molecule has 3 rings (SSSR count). The molecule has 0 aliphatic carbocycles. The zero-order chi connectivity index (χ0) is 16.8. The molecule has 0 saturated heterocycles. The minimum atomic E-state index is 0.332. The van der Waals surface area contributed by atoms with Gasteiger partial charge in [-0.2, -0.15) is 0 Å². The Labute approximate surface area is 142 Å². The van der Waals surface area contributed by atoms with Crippen LogP contribution in [-0.4, -0.2) is 16.0 Å². The summed E-state index contributed by atoms with van der Waals surface area (Å²) in [6.45, 7) is 5.75. The first-order valence-corrected chi connectivity index (χ1v) is 8.11. The van der Waals surface area contributed by atoms with E-state index in [2.05, 4.69) is 58.3 Å². The number of anilines is 2. The summed E-state index contributed by atoms with van der Waals surface area (Å²) >= 11 is 0. The van der Waals surface area contributed by atoms with Crippen molar-refractivity contribution in [3.8, 4) is 0 Å². The van der Waals surface area contributed by atoms with Gasteiger partial charge < -0.3 is 14.6 Å². The summed E-state index contributed by atoms with van der Waals surface area (Å²) in [6, 6.07) is 16.5. The second kappa shape index (κ2) is 7.64. The number of nitrogens with one attached hydrogen (secondary N) is 1. The highest BCUT2D eigenvalue weighted by Gasteiger charge is 2.13. The number of benzene rings is 1. The highest BCUT2D eigenvalue weighted by molar-refractivity contribution is 5.49. The van der Waals surface area contributed by atoms with Crippen molar-refractivity contribution in [2.45, 2.75) is 33.0 Å². The van der Waals surface area contributed by atoms with Gasteiger partial charge in [0.15, 0.2) is 0 Å². The summed E-state index contributed by atoms with van der Waals surface area (Å²) < 4.78 is 5.33. The maximum absolute atomic E-state index is 5.33. The SMILES string of the molecule is CC(C)N(Cc1ccccc1)c1cc(NCc2ccco2)ncn1. The lowest BCUT2D eigenvalue weighted by Gasteiger charge is -2.28. The Morgan fingerprint density at radius 3 is 2.62 bits per heavy atom. The number of furan rings is 1. The van der Waals surface area contributed by atoms with E-state index in [1.807, 2.05) is 24.3 Å². The van der Waals surface area contributed by atoms with Gasteiger partial charge in [-0.1, -0.05) is 30.3 Å². The van der Waals surface area contributed by atoms with Crippen LogP contribution in [0.2, 0.25) is 0 Å². The van der Waals surface area contributed by atoms with Crippen molar-refractivity contribution in [2.24, 2.45) is 0 Å². The Morgan fingerprint density at radius 1 is 1.08 bits per heavy atom. The molecule has 5 heteroatoms. The number of rotatable bonds is 7. The molecule has 0 fully saturated rings. The van der Waals surface area contributed by atoms with Crippen LogP contribution in [0.25, 0.3) is 0 Å².